The second-order valence-corrected chi connectivity index (χ2v) is 3.63. The highest BCUT2D eigenvalue weighted by molar-refractivity contribution is 5.14. The number of allylic oxidation sites excluding steroid dienone is 2. The molecule has 0 amide bonds. The lowest BCUT2D eigenvalue weighted by atomic mass is 9.86. The van der Waals surface area contributed by atoms with Gasteiger partial charge < -0.3 is 0 Å². The Morgan fingerprint density at radius 3 is 2.20 bits per heavy atom. The van der Waals surface area contributed by atoms with Gasteiger partial charge in [0.2, 0.25) is 0 Å². The predicted molar refractivity (Wildman–Crippen MR) is 45.9 cm³/mol. The average Bonchev–Trinajstić information content (AvgIpc) is 2.09. The maximum absolute atomic E-state index is 2.43. The lowest BCUT2D eigenvalue weighted by Gasteiger charge is -2.18. The molecule has 0 heteroatoms. The fraction of sp³-hybridized carbons (Fsp3) is 0.800. The van der Waals surface area contributed by atoms with Gasteiger partial charge in [-0.2, -0.15) is 0 Å². The van der Waals surface area contributed by atoms with Crippen molar-refractivity contribution in [3.05, 3.63) is 11.6 Å². The van der Waals surface area contributed by atoms with Crippen molar-refractivity contribution < 1.29 is 0 Å². The van der Waals surface area contributed by atoms with Crippen LogP contribution in [0.1, 0.15) is 34.1 Å². The van der Waals surface area contributed by atoms with Crippen LogP contribution >= 0.6 is 0 Å². The Labute approximate surface area is 64.3 Å². The van der Waals surface area contributed by atoms with E-state index < -0.39 is 0 Å². The normalized spacial score (nSPS) is 40.0. The van der Waals surface area contributed by atoms with Gasteiger partial charge >= 0.3 is 0 Å². The van der Waals surface area contributed by atoms with Gasteiger partial charge in [-0.1, -0.05) is 38.8 Å². The van der Waals surface area contributed by atoms with E-state index in [1.807, 2.05) is 0 Å². The minimum absolute atomic E-state index is 0.819. The summed E-state index contributed by atoms with van der Waals surface area (Å²) in [5.41, 5.74) is 1.60. The quantitative estimate of drug-likeness (QED) is 0.488. The van der Waals surface area contributed by atoms with Crippen LogP contribution in [0.2, 0.25) is 0 Å². The highest BCUT2D eigenvalue weighted by atomic mass is 14.3. The fourth-order valence-corrected chi connectivity index (χ4v) is 2.21. The Hall–Kier alpha value is -0.260. The zero-order chi connectivity index (χ0) is 7.72. The van der Waals surface area contributed by atoms with E-state index in [9.17, 15) is 0 Å². The van der Waals surface area contributed by atoms with Crippen LogP contribution in [0.15, 0.2) is 11.6 Å². The molecule has 0 saturated heterocycles. The Balaban J connectivity index is 2.66. The van der Waals surface area contributed by atoms with Crippen LogP contribution in [-0.2, 0) is 0 Å². The van der Waals surface area contributed by atoms with Gasteiger partial charge in [0, 0.05) is 0 Å². The van der Waals surface area contributed by atoms with E-state index in [-0.39, 0.29) is 0 Å². The predicted octanol–water partition coefficient (Wildman–Crippen LogP) is 3.24. The molecular weight excluding hydrogens is 120 g/mol. The minimum atomic E-state index is 0.819. The molecule has 0 aliphatic heterocycles. The molecule has 1 rings (SSSR count). The first kappa shape index (κ1) is 7.84. The molecule has 1 aliphatic rings. The average molecular weight is 138 g/mol. The summed E-state index contributed by atoms with van der Waals surface area (Å²) in [7, 11) is 0. The molecule has 0 saturated carbocycles. The van der Waals surface area contributed by atoms with E-state index in [1.54, 1.807) is 5.57 Å². The first-order valence-electron chi connectivity index (χ1n) is 4.35. The molecule has 0 nitrogen and oxygen atoms in total. The van der Waals surface area contributed by atoms with Gasteiger partial charge in [0.05, 0.1) is 0 Å². The molecule has 0 aromatic heterocycles. The summed E-state index contributed by atoms with van der Waals surface area (Å²) in [5.74, 6) is 2.57. The molecule has 0 aromatic rings. The molecule has 0 aromatic carbocycles. The van der Waals surface area contributed by atoms with Crippen molar-refractivity contribution in [3.8, 4) is 0 Å². The fourth-order valence-electron chi connectivity index (χ4n) is 2.21. The summed E-state index contributed by atoms with van der Waals surface area (Å²) in [5, 5.41) is 0. The molecule has 1 aliphatic carbocycles. The summed E-state index contributed by atoms with van der Waals surface area (Å²) in [6, 6.07) is 0. The highest BCUT2D eigenvalue weighted by Crippen LogP contribution is 2.37. The lowest BCUT2D eigenvalue weighted by molar-refractivity contribution is 0.351. The topological polar surface area (TPSA) is 0 Å². The Kier molecular flexibility index (Phi) is 2.18. The van der Waals surface area contributed by atoms with Crippen LogP contribution in [0, 0.1) is 17.8 Å². The van der Waals surface area contributed by atoms with Crippen molar-refractivity contribution in [3.63, 3.8) is 0 Å². The van der Waals surface area contributed by atoms with Gasteiger partial charge in [-0.05, 0) is 24.7 Å². The Bertz CT molecular complexity index is 144. The van der Waals surface area contributed by atoms with E-state index in [1.165, 1.54) is 6.42 Å². The van der Waals surface area contributed by atoms with Crippen molar-refractivity contribution in [2.24, 2.45) is 17.8 Å². The number of hydrogen-bond donors (Lipinski definition) is 0. The first-order chi connectivity index (χ1) is 4.66. The summed E-state index contributed by atoms with van der Waals surface area (Å²) >= 11 is 0. The van der Waals surface area contributed by atoms with Gasteiger partial charge in [0.1, 0.15) is 0 Å². The maximum atomic E-state index is 2.43. The van der Waals surface area contributed by atoms with Crippen LogP contribution < -0.4 is 0 Å². The van der Waals surface area contributed by atoms with E-state index in [0.29, 0.717) is 0 Å². The molecule has 0 N–H and O–H groups in total. The summed E-state index contributed by atoms with van der Waals surface area (Å²) in [6.07, 6.45) is 3.76. The zero-order valence-corrected chi connectivity index (χ0v) is 7.52. The van der Waals surface area contributed by atoms with Crippen molar-refractivity contribution in [1.82, 2.24) is 0 Å². The van der Waals surface area contributed by atoms with Gasteiger partial charge in [-0.3, -0.25) is 0 Å². The molecular formula is C10H18. The van der Waals surface area contributed by atoms with E-state index >= 15 is 0 Å². The van der Waals surface area contributed by atoms with Crippen molar-refractivity contribution in [1.29, 1.82) is 0 Å². The standard InChI is InChI=1S/C10H18/c1-5-10-8(3)6-7(2)9(10)4/h6,8-10H,5H2,1-4H3. The minimum Gasteiger partial charge on any atom is -0.0822 e. The van der Waals surface area contributed by atoms with Crippen molar-refractivity contribution >= 4 is 0 Å². The van der Waals surface area contributed by atoms with Crippen LogP contribution in [0.5, 0.6) is 0 Å². The van der Waals surface area contributed by atoms with Crippen LogP contribution in [0.25, 0.3) is 0 Å². The highest BCUT2D eigenvalue weighted by Gasteiger charge is 2.27. The van der Waals surface area contributed by atoms with Gasteiger partial charge in [-0.25, -0.2) is 0 Å². The number of hydrogen-bond acceptors (Lipinski definition) is 0. The van der Waals surface area contributed by atoms with Gasteiger partial charge in [-0.15, -0.1) is 0 Å². The van der Waals surface area contributed by atoms with Crippen LogP contribution in [0.3, 0.4) is 0 Å². The molecule has 0 spiro atoms. The molecule has 10 heavy (non-hydrogen) atoms. The van der Waals surface area contributed by atoms with Gasteiger partial charge in [0.15, 0.2) is 0 Å². The van der Waals surface area contributed by atoms with Gasteiger partial charge in [0.25, 0.3) is 0 Å². The molecule has 0 radical (unpaired) electrons. The largest absolute Gasteiger partial charge is 0.0822 e. The molecule has 0 fully saturated rings. The van der Waals surface area contributed by atoms with E-state index in [4.69, 9.17) is 0 Å². The molecule has 58 valence electrons. The Morgan fingerprint density at radius 2 is 2.00 bits per heavy atom. The van der Waals surface area contributed by atoms with E-state index in [2.05, 4.69) is 33.8 Å². The second kappa shape index (κ2) is 2.77. The van der Waals surface area contributed by atoms with Crippen molar-refractivity contribution in [2.75, 3.05) is 0 Å². The molecule has 0 bridgehead atoms. The summed E-state index contributed by atoms with van der Waals surface area (Å²) < 4.78 is 0. The van der Waals surface area contributed by atoms with Crippen LogP contribution in [-0.4, -0.2) is 0 Å². The maximum Gasteiger partial charge on any atom is -0.0201 e. The Morgan fingerprint density at radius 1 is 1.40 bits per heavy atom. The molecule has 0 heterocycles. The smallest absolute Gasteiger partial charge is 0.0201 e. The third kappa shape index (κ3) is 1.12. The molecule has 3 atom stereocenters. The van der Waals surface area contributed by atoms with Crippen molar-refractivity contribution in [2.45, 2.75) is 34.1 Å². The van der Waals surface area contributed by atoms with E-state index in [0.717, 1.165) is 17.8 Å². The second-order valence-electron chi connectivity index (χ2n) is 3.63. The third-order valence-corrected chi connectivity index (χ3v) is 3.03. The van der Waals surface area contributed by atoms with Crippen LogP contribution in [0.4, 0.5) is 0 Å². The molecule has 3 unspecified atom stereocenters. The number of rotatable bonds is 1. The third-order valence-electron chi connectivity index (χ3n) is 3.03. The first-order valence-corrected chi connectivity index (χ1v) is 4.35. The summed E-state index contributed by atoms with van der Waals surface area (Å²) in [4.78, 5) is 0. The summed E-state index contributed by atoms with van der Waals surface area (Å²) in [6.45, 7) is 9.24. The zero-order valence-electron chi connectivity index (χ0n) is 7.52. The lowest BCUT2D eigenvalue weighted by Crippen LogP contribution is -2.10. The monoisotopic (exact) mass is 138 g/mol. The SMILES string of the molecule is CCC1C(C)C=C(C)C1C.